The van der Waals surface area contributed by atoms with Crippen molar-refractivity contribution in [1.82, 2.24) is 5.32 Å². The molecule has 0 heterocycles. The molecule has 0 fully saturated rings. The zero-order valence-corrected chi connectivity index (χ0v) is 12.7. The highest BCUT2D eigenvalue weighted by Crippen LogP contribution is 2.20. The van der Waals surface area contributed by atoms with E-state index in [1.165, 1.54) is 0 Å². The van der Waals surface area contributed by atoms with E-state index in [0.717, 1.165) is 0 Å². The lowest BCUT2D eigenvalue weighted by atomic mass is 10.2. The second-order valence-corrected chi connectivity index (χ2v) is 4.75. The number of carbonyl (C=O) groups is 3. The van der Waals surface area contributed by atoms with Crippen molar-refractivity contribution >= 4 is 17.8 Å². The van der Waals surface area contributed by atoms with Crippen molar-refractivity contribution in [3.8, 4) is 11.5 Å². The molecule has 124 valence electrons. The van der Waals surface area contributed by atoms with Gasteiger partial charge < -0.3 is 20.5 Å². The molecule has 2 aromatic rings. The summed E-state index contributed by atoms with van der Waals surface area (Å²) >= 11 is 0. The van der Waals surface area contributed by atoms with Crippen LogP contribution in [0.15, 0.2) is 54.6 Å². The van der Waals surface area contributed by atoms with Crippen molar-refractivity contribution in [3.63, 3.8) is 0 Å². The Bertz CT molecular complexity index is 714. The molecule has 2 amide bonds. The van der Waals surface area contributed by atoms with Crippen LogP contribution in [0, 0.1) is 0 Å². The zero-order valence-electron chi connectivity index (χ0n) is 12.7. The quantitative estimate of drug-likeness (QED) is 0.743. The van der Waals surface area contributed by atoms with Crippen LogP contribution in [0.25, 0.3) is 0 Å². The number of benzene rings is 2. The van der Waals surface area contributed by atoms with Gasteiger partial charge in [0.15, 0.2) is 6.61 Å². The van der Waals surface area contributed by atoms with E-state index >= 15 is 0 Å². The van der Waals surface area contributed by atoms with Gasteiger partial charge in [-0.1, -0.05) is 18.2 Å². The number of nitrogens with one attached hydrogen (secondary N) is 1. The summed E-state index contributed by atoms with van der Waals surface area (Å²) in [5.41, 5.74) is 5.20. The first-order valence-corrected chi connectivity index (χ1v) is 7.09. The predicted octanol–water partition coefficient (Wildman–Crippen LogP) is 1.24. The Morgan fingerprint density at radius 3 is 2.17 bits per heavy atom. The first-order valence-electron chi connectivity index (χ1n) is 7.09. The molecule has 7 heteroatoms. The van der Waals surface area contributed by atoms with Crippen molar-refractivity contribution in [2.45, 2.75) is 0 Å². The zero-order chi connectivity index (χ0) is 17.4. The number of primary amides is 1. The minimum absolute atomic E-state index is 0.353. The summed E-state index contributed by atoms with van der Waals surface area (Å²) in [7, 11) is 0. The Hall–Kier alpha value is -3.35. The van der Waals surface area contributed by atoms with Gasteiger partial charge in [0.25, 0.3) is 11.8 Å². The summed E-state index contributed by atoms with van der Waals surface area (Å²) in [6, 6.07) is 15.7. The summed E-state index contributed by atoms with van der Waals surface area (Å²) in [6.07, 6.45) is 0. The van der Waals surface area contributed by atoms with Gasteiger partial charge in [0.2, 0.25) is 0 Å². The predicted molar refractivity (Wildman–Crippen MR) is 85.4 cm³/mol. The third-order valence-corrected chi connectivity index (χ3v) is 2.86. The van der Waals surface area contributed by atoms with Gasteiger partial charge in [-0.15, -0.1) is 0 Å². The molecule has 0 unspecified atom stereocenters. The number of para-hydroxylation sites is 1. The van der Waals surface area contributed by atoms with E-state index in [1.54, 1.807) is 24.3 Å². The Kier molecular flexibility index (Phi) is 5.90. The van der Waals surface area contributed by atoms with E-state index in [4.69, 9.17) is 10.5 Å². The molecule has 0 aromatic heterocycles. The van der Waals surface area contributed by atoms with Gasteiger partial charge in [-0.2, -0.15) is 0 Å². The maximum Gasteiger partial charge on any atom is 0.325 e. The van der Waals surface area contributed by atoms with Gasteiger partial charge in [-0.25, -0.2) is 0 Å². The van der Waals surface area contributed by atoms with Crippen LogP contribution in [-0.4, -0.2) is 30.9 Å². The van der Waals surface area contributed by atoms with Gasteiger partial charge in [0, 0.05) is 5.56 Å². The Morgan fingerprint density at radius 2 is 1.54 bits per heavy atom. The first-order chi connectivity index (χ1) is 11.5. The van der Waals surface area contributed by atoms with Crippen LogP contribution in [0.2, 0.25) is 0 Å². The normalized spacial score (nSPS) is 9.83. The molecule has 0 aliphatic rings. The smallest absolute Gasteiger partial charge is 0.325 e. The van der Waals surface area contributed by atoms with Crippen molar-refractivity contribution < 1.29 is 23.9 Å². The van der Waals surface area contributed by atoms with Crippen molar-refractivity contribution in [2.75, 3.05) is 13.2 Å². The molecule has 0 bridgehead atoms. The lowest BCUT2D eigenvalue weighted by Gasteiger charge is -2.07. The molecule has 0 aliphatic carbocycles. The average Bonchev–Trinajstić information content (AvgIpc) is 2.59. The van der Waals surface area contributed by atoms with E-state index in [-0.39, 0.29) is 6.54 Å². The fourth-order valence-electron chi connectivity index (χ4n) is 1.76. The molecule has 3 N–H and O–H groups in total. The number of hydrogen-bond donors (Lipinski definition) is 2. The number of esters is 1. The van der Waals surface area contributed by atoms with Gasteiger partial charge in [0.1, 0.15) is 18.0 Å². The van der Waals surface area contributed by atoms with Gasteiger partial charge in [-0.3, -0.25) is 14.4 Å². The Balaban J connectivity index is 1.85. The van der Waals surface area contributed by atoms with Crippen LogP contribution < -0.4 is 15.8 Å². The Labute approximate surface area is 138 Å². The maximum absolute atomic E-state index is 11.9. The first kappa shape index (κ1) is 17.0. The average molecular weight is 328 g/mol. The van der Waals surface area contributed by atoms with E-state index in [0.29, 0.717) is 17.1 Å². The SMILES string of the molecule is NC(=O)COC(=O)CNC(=O)c1ccc(Oc2ccccc2)cc1. The number of nitrogens with two attached hydrogens (primary N) is 1. The van der Waals surface area contributed by atoms with E-state index < -0.39 is 24.4 Å². The molecule has 0 saturated heterocycles. The lowest BCUT2D eigenvalue weighted by Crippen LogP contribution is -2.32. The molecule has 0 radical (unpaired) electrons. The summed E-state index contributed by atoms with van der Waals surface area (Å²) in [6.45, 7) is -0.866. The highest BCUT2D eigenvalue weighted by Gasteiger charge is 2.10. The van der Waals surface area contributed by atoms with Crippen LogP contribution in [0.4, 0.5) is 0 Å². The summed E-state index contributed by atoms with van der Waals surface area (Å²) in [5, 5.41) is 2.39. The molecule has 2 aromatic carbocycles. The minimum Gasteiger partial charge on any atom is -0.457 e. The highest BCUT2D eigenvalue weighted by atomic mass is 16.5. The second-order valence-electron chi connectivity index (χ2n) is 4.75. The van der Waals surface area contributed by atoms with Crippen molar-refractivity contribution in [2.24, 2.45) is 5.73 Å². The largest absolute Gasteiger partial charge is 0.457 e. The maximum atomic E-state index is 11.9. The molecule has 0 spiro atoms. The summed E-state index contributed by atoms with van der Waals surface area (Å²) in [4.78, 5) is 33.7. The van der Waals surface area contributed by atoms with Crippen LogP contribution in [0.5, 0.6) is 11.5 Å². The molecule has 0 saturated carbocycles. The third-order valence-electron chi connectivity index (χ3n) is 2.86. The monoisotopic (exact) mass is 328 g/mol. The van der Waals surface area contributed by atoms with Crippen LogP contribution >= 0.6 is 0 Å². The number of carbonyl (C=O) groups excluding carboxylic acids is 3. The second kappa shape index (κ2) is 8.33. The van der Waals surface area contributed by atoms with E-state index in [2.05, 4.69) is 10.1 Å². The Morgan fingerprint density at radius 1 is 0.917 bits per heavy atom. The minimum atomic E-state index is -0.760. The summed E-state index contributed by atoms with van der Waals surface area (Å²) in [5.74, 6) is -0.683. The van der Waals surface area contributed by atoms with Crippen LogP contribution in [0.1, 0.15) is 10.4 Å². The standard InChI is InChI=1S/C17H16N2O5/c18-15(20)11-23-16(21)10-19-17(22)12-6-8-14(9-7-12)24-13-4-2-1-3-5-13/h1-9H,10-11H2,(H2,18,20)(H,19,22). The van der Waals surface area contributed by atoms with Crippen molar-refractivity contribution in [3.05, 3.63) is 60.2 Å². The molecule has 0 atom stereocenters. The number of amides is 2. The van der Waals surface area contributed by atoms with Gasteiger partial charge in [-0.05, 0) is 36.4 Å². The van der Waals surface area contributed by atoms with E-state index in [1.807, 2.05) is 30.3 Å². The van der Waals surface area contributed by atoms with Gasteiger partial charge >= 0.3 is 5.97 Å². The number of ether oxygens (including phenoxy) is 2. The lowest BCUT2D eigenvalue weighted by molar-refractivity contribution is -0.146. The van der Waals surface area contributed by atoms with Crippen LogP contribution in [0.3, 0.4) is 0 Å². The molecular formula is C17H16N2O5. The topological polar surface area (TPSA) is 108 Å². The summed E-state index contributed by atoms with van der Waals surface area (Å²) < 4.78 is 10.1. The molecule has 7 nitrogen and oxygen atoms in total. The molecule has 2 rings (SSSR count). The van der Waals surface area contributed by atoms with Crippen molar-refractivity contribution in [1.29, 1.82) is 0 Å². The van der Waals surface area contributed by atoms with Crippen LogP contribution in [-0.2, 0) is 14.3 Å². The fraction of sp³-hybridized carbons (Fsp3) is 0.118. The third kappa shape index (κ3) is 5.45. The number of rotatable bonds is 7. The highest BCUT2D eigenvalue weighted by molar-refractivity contribution is 5.96. The number of hydrogen-bond acceptors (Lipinski definition) is 5. The fourth-order valence-corrected chi connectivity index (χ4v) is 1.76. The van der Waals surface area contributed by atoms with Gasteiger partial charge in [0.05, 0.1) is 0 Å². The van der Waals surface area contributed by atoms with E-state index in [9.17, 15) is 14.4 Å². The molecular weight excluding hydrogens is 312 g/mol. The molecule has 0 aliphatic heterocycles. The molecule has 24 heavy (non-hydrogen) atoms.